The van der Waals surface area contributed by atoms with E-state index in [1.807, 2.05) is 6.92 Å². The molecule has 1 aliphatic heterocycles. The molecule has 1 aliphatic rings. The van der Waals surface area contributed by atoms with Crippen LogP contribution in [-0.2, 0) is 4.79 Å². The summed E-state index contributed by atoms with van der Waals surface area (Å²) in [6.45, 7) is 7.33. The van der Waals surface area contributed by atoms with Crippen molar-refractivity contribution >= 4 is 12.0 Å². The van der Waals surface area contributed by atoms with Crippen molar-refractivity contribution in [2.24, 2.45) is 11.8 Å². The van der Waals surface area contributed by atoms with Gasteiger partial charge < -0.3 is 20.6 Å². The van der Waals surface area contributed by atoms with Crippen LogP contribution in [0.4, 0.5) is 4.79 Å². The lowest BCUT2D eigenvalue weighted by Crippen LogP contribution is -2.56. The Balaban J connectivity index is 2.10. The maximum Gasteiger partial charge on any atom is 0.317 e. The summed E-state index contributed by atoms with van der Waals surface area (Å²) < 4.78 is 0. The van der Waals surface area contributed by atoms with E-state index in [4.69, 9.17) is 5.11 Å². The number of nitrogens with one attached hydrogen (secondary N) is 2. The molecule has 0 radical (unpaired) electrons. The number of rotatable bonds is 7. The first kappa shape index (κ1) is 14.8. The van der Waals surface area contributed by atoms with Crippen molar-refractivity contribution in [3.63, 3.8) is 0 Å². The first-order valence-corrected chi connectivity index (χ1v) is 6.52. The lowest BCUT2D eigenvalue weighted by Gasteiger charge is -2.41. The number of carbonyl (C=O) groups is 2. The average molecular weight is 257 g/mol. The molecule has 6 nitrogen and oxygen atoms in total. The van der Waals surface area contributed by atoms with Gasteiger partial charge in [-0.3, -0.25) is 4.79 Å². The molecule has 3 N–H and O–H groups in total. The summed E-state index contributed by atoms with van der Waals surface area (Å²) in [4.78, 5) is 24.1. The zero-order valence-corrected chi connectivity index (χ0v) is 11.1. The van der Waals surface area contributed by atoms with E-state index in [-0.39, 0.29) is 17.9 Å². The number of likely N-dealkylation sites (tertiary alicyclic amines) is 1. The number of nitrogens with zero attached hydrogens (tertiary/aromatic N) is 1. The average Bonchev–Trinajstić information content (AvgIpc) is 2.26. The Morgan fingerprint density at radius 3 is 2.61 bits per heavy atom. The number of carboxylic acid groups (broad SMARTS) is 1. The Morgan fingerprint density at radius 2 is 2.06 bits per heavy atom. The maximum absolute atomic E-state index is 11.6. The van der Waals surface area contributed by atoms with E-state index in [0.29, 0.717) is 19.6 Å². The highest BCUT2D eigenvalue weighted by molar-refractivity contribution is 5.76. The SMILES string of the molecule is CCNCCCNC(=O)N1CC(C(C)C(=O)O)C1. The summed E-state index contributed by atoms with van der Waals surface area (Å²) >= 11 is 0. The molecule has 104 valence electrons. The summed E-state index contributed by atoms with van der Waals surface area (Å²) in [5, 5.41) is 14.9. The quantitative estimate of drug-likeness (QED) is 0.575. The van der Waals surface area contributed by atoms with Gasteiger partial charge in [0.2, 0.25) is 0 Å². The highest BCUT2D eigenvalue weighted by atomic mass is 16.4. The van der Waals surface area contributed by atoms with Crippen LogP contribution in [0.2, 0.25) is 0 Å². The molecule has 0 aromatic heterocycles. The fourth-order valence-electron chi connectivity index (χ4n) is 1.89. The van der Waals surface area contributed by atoms with Gasteiger partial charge in [-0.1, -0.05) is 13.8 Å². The van der Waals surface area contributed by atoms with Gasteiger partial charge in [0.15, 0.2) is 0 Å². The Kier molecular flexibility index (Phi) is 5.91. The van der Waals surface area contributed by atoms with Crippen molar-refractivity contribution in [3.8, 4) is 0 Å². The second kappa shape index (κ2) is 7.20. The minimum Gasteiger partial charge on any atom is -0.481 e. The Morgan fingerprint density at radius 1 is 1.39 bits per heavy atom. The standard InChI is InChI=1S/C12H23N3O3/c1-3-13-5-4-6-14-12(18)15-7-10(8-15)9(2)11(16)17/h9-10,13H,3-8H2,1-2H3,(H,14,18)(H,16,17). The second-order valence-electron chi connectivity index (χ2n) is 4.73. The third kappa shape index (κ3) is 4.18. The summed E-state index contributed by atoms with van der Waals surface area (Å²) in [6, 6.07) is -0.0830. The van der Waals surface area contributed by atoms with Crippen LogP contribution < -0.4 is 10.6 Å². The van der Waals surface area contributed by atoms with Gasteiger partial charge >= 0.3 is 12.0 Å². The lowest BCUT2D eigenvalue weighted by atomic mass is 9.87. The molecule has 1 fully saturated rings. The van der Waals surface area contributed by atoms with E-state index in [2.05, 4.69) is 10.6 Å². The predicted octanol–water partition coefficient (Wildman–Crippen LogP) is 0.348. The lowest BCUT2D eigenvalue weighted by molar-refractivity contribution is -0.144. The zero-order valence-electron chi connectivity index (χ0n) is 11.1. The van der Waals surface area contributed by atoms with Crippen LogP contribution in [0, 0.1) is 11.8 Å². The Labute approximate surface area is 108 Å². The van der Waals surface area contributed by atoms with Crippen LogP contribution in [0.1, 0.15) is 20.3 Å². The summed E-state index contributed by atoms with van der Waals surface area (Å²) in [7, 11) is 0. The molecule has 0 saturated carbocycles. The molecule has 1 saturated heterocycles. The Bertz CT molecular complexity index is 290. The topological polar surface area (TPSA) is 81.7 Å². The molecule has 0 aromatic rings. The molecule has 0 aromatic carbocycles. The molecule has 0 bridgehead atoms. The fraction of sp³-hybridized carbons (Fsp3) is 0.833. The maximum atomic E-state index is 11.6. The van der Waals surface area contributed by atoms with Crippen molar-refractivity contribution in [2.45, 2.75) is 20.3 Å². The minimum absolute atomic E-state index is 0.0830. The largest absolute Gasteiger partial charge is 0.481 e. The van der Waals surface area contributed by atoms with E-state index >= 15 is 0 Å². The van der Waals surface area contributed by atoms with Crippen molar-refractivity contribution in [1.29, 1.82) is 0 Å². The van der Waals surface area contributed by atoms with Crippen molar-refractivity contribution in [2.75, 3.05) is 32.7 Å². The third-order valence-electron chi connectivity index (χ3n) is 3.35. The fourth-order valence-corrected chi connectivity index (χ4v) is 1.89. The van der Waals surface area contributed by atoms with Crippen LogP contribution in [0.25, 0.3) is 0 Å². The number of urea groups is 1. The first-order valence-electron chi connectivity index (χ1n) is 6.52. The molecule has 0 spiro atoms. The van der Waals surface area contributed by atoms with Gasteiger partial charge in [-0.15, -0.1) is 0 Å². The van der Waals surface area contributed by atoms with Crippen molar-refractivity contribution < 1.29 is 14.7 Å². The zero-order chi connectivity index (χ0) is 13.5. The van der Waals surface area contributed by atoms with Gasteiger partial charge in [0, 0.05) is 25.6 Å². The monoisotopic (exact) mass is 257 g/mol. The number of aliphatic carboxylic acids is 1. The van der Waals surface area contributed by atoms with Crippen molar-refractivity contribution in [1.82, 2.24) is 15.5 Å². The molecule has 1 unspecified atom stereocenters. The van der Waals surface area contributed by atoms with E-state index in [1.165, 1.54) is 0 Å². The molecular formula is C12H23N3O3. The highest BCUT2D eigenvalue weighted by Crippen LogP contribution is 2.23. The van der Waals surface area contributed by atoms with Crippen LogP contribution >= 0.6 is 0 Å². The molecule has 6 heteroatoms. The Hall–Kier alpha value is -1.30. The van der Waals surface area contributed by atoms with Crippen molar-refractivity contribution in [3.05, 3.63) is 0 Å². The third-order valence-corrected chi connectivity index (χ3v) is 3.35. The summed E-state index contributed by atoms with van der Waals surface area (Å²) in [5.74, 6) is -1.07. The number of carbonyl (C=O) groups excluding carboxylic acids is 1. The van der Waals surface area contributed by atoms with Gasteiger partial charge in [-0.05, 0) is 19.5 Å². The van der Waals surface area contributed by atoms with Gasteiger partial charge in [0.1, 0.15) is 0 Å². The van der Waals surface area contributed by atoms with E-state index in [0.717, 1.165) is 19.5 Å². The number of hydrogen-bond donors (Lipinski definition) is 3. The molecule has 18 heavy (non-hydrogen) atoms. The predicted molar refractivity (Wildman–Crippen MR) is 68.4 cm³/mol. The minimum atomic E-state index is -0.786. The van der Waals surface area contributed by atoms with Crippen LogP contribution in [0.3, 0.4) is 0 Å². The normalized spacial score (nSPS) is 17.1. The van der Waals surface area contributed by atoms with Gasteiger partial charge in [-0.25, -0.2) is 4.79 Å². The van der Waals surface area contributed by atoms with Gasteiger partial charge in [-0.2, -0.15) is 0 Å². The molecular weight excluding hydrogens is 234 g/mol. The molecule has 1 heterocycles. The molecule has 0 aliphatic carbocycles. The van der Waals surface area contributed by atoms with Gasteiger partial charge in [0.05, 0.1) is 5.92 Å². The van der Waals surface area contributed by atoms with E-state index in [9.17, 15) is 9.59 Å². The highest BCUT2D eigenvalue weighted by Gasteiger charge is 2.36. The van der Waals surface area contributed by atoms with Crippen LogP contribution in [-0.4, -0.2) is 54.7 Å². The van der Waals surface area contributed by atoms with E-state index < -0.39 is 5.97 Å². The number of hydrogen-bond acceptors (Lipinski definition) is 3. The smallest absolute Gasteiger partial charge is 0.317 e. The number of amides is 2. The molecule has 2 amide bonds. The van der Waals surface area contributed by atoms with Gasteiger partial charge in [0.25, 0.3) is 0 Å². The second-order valence-corrected chi connectivity index (χ2v) is 4.73. The first-order chi connectivity index (χ1) is 8.56. The number of carboxylic acids is 1. The molecule has 1 atom stereocenters. The summed E-state index contributed by atoms with van der Waals surface area (Å²) in [5.41, 5.74) is 0. The van der Waals surface area contributed by atoms with E-state index in [1.54, 1.807) is 11.8 Å². The summed E-state index contributed by atoms with van der Waals surface area (Å²) in [6.07, 6.45) is 0.905. The molecule has 1 rings (SSSR count). The van der Waals surface area contributed by atoms with Crippen LogP contribution in [0.15, 0.2) is 0 Å². The van der Waals surface area contributed by atoms with Crippen LogP contribution in [0.5, 0.6) is 0 Å².